The van der Waals surface area contributed by atoms with Gasteiger partial charge in [0.15, 0.2) is 0 Å². The molecule has 0 saturated heterocycles. The van der Waals surface area contributed by atoms with Crippen LogP contribution in [0.3, 0.4) is 0 Å². The number of anilines is 1. The number of tetrazole rings is 1. The summed E-state index contributed by atoms with van der Waals surface area (Å²) in [7, 11) is 1.54. The Balaban J connectivity index is 2.02. The summed E-state index contributed by atoms with van der Waals surface area (Å²) in [5.74, 6) is 0.394. The van der Waals surface area contributed by atoms with E-state index in [-0.39, 0.29) is 24.3 Å². The van der Waals surface area contributed by atoms with E-state index in [1.807, 2.05) is 53.7 Å². The fourth-order valence-corrected chi connectivity index (χ4v) is 4.04. The molecule has 2 aromatic carbocycles. The number of ether oxygens (including phenoxy) is 1. The largest absolute Gasteiger partial charge is 0.495 e. The maximum atomic E-state index is 13.9. The number of halogens is 1. The van der Waals surface area contributed by atoms with E-state index in [2.05, 4.69) is 20.7 Å². The van der Waals surface area contributed by atoms with Crippen LogP contribution < -0.4 is 15.0 Å². The molecule has 2 amide bonds. The molecule has 1 atom stereocenters. The molecule has 0 aliphatic carbocycles. The third kappa shape index (κ3) is 7.52. The van der Waals surface area contributed by atoms with Crippen molar-refractivity contribution < 1.29 is 14.3 Å². The topological polar surface area (TPSA) is 102 Å². The molecule has 0 saturated carbocycles. The number of carbonyl (C=O) groups excluding carboxylic acids is 2. The van der Waals surface area contributed by atoms with Gasteiger partial charge in [0.05, 0.1) is 12.8 Å². The number of methoxy groups -OCH3 is 1. The highest BCUT2D eigenvalue weighted by atomic mass is 35.5. The minimum Gasteiger partial charge on any atom is -0.495 e. The first-order valence-electron chi connectivity index (χ1n) is 12.2. The molecular formula is C27H35ClN6O3. The van der Waals surface area contributed by atoms with E-state index in [0.717, 1.165) is 11.1 Å². The summed E-state index contributed by atoms with van der Waals surface area (Å²) in [5, 5.41) is 16.2. The number of hydrogen-bond acceptors (Lipinski definition) is 6. The highest BCUT2D eigenvalue weighted by molar-refractivity contribution is 6.30. The first kappa shape index (κ1) is 28.1. The smallest absolute Gasteiger partial charge is 0.251 e. The Hall–Kier alpha value is -3.46. The highest BCUT2D eigenvalue weighted by Crippen LogP contribution is 2.33. The van der Waals surface area contributed by atoms with Crippen molar-refractivity contribution >= 4 is 29.1 Å². The van der Waals surface area contributed by atoms with Gasteiger partial charge in [-0.15, -0.1) is 10.2 Å². The maximum Gasteiger partial charge on any atom is 0.251 e. The predicted octanol–water partition coefficient (Wildman–Crippen LogP) is 4.67. The van der Waals surface area contributed by atoms with Crippen LogP contribution in [0, 0.1) is 12.8 Å². The van der Waals surface area contributed by atoms with Crippen molar-refractivity contribution in [2.45, 2.75) is 66.1 Å². The molecular weight excluding hydrogens is 492 g/mol. The molecule has 0 radical (unpaired) electrons. The third-order valence-electron chi connectivity index (χ3n) is 5.50. The number of rotatable bonds is 9. The number of amides is 2. The standard InChI is InChI=1S/C27H35ClN6O3/c1-17(2)14-22(26(36)29-27(4,5)6)34(21-15-18(3)8-13-23(21)37-7)24(35)16-33-31-25(30-32-33)19-9-11-20(28)12-10-19/h8-13,15,17,22H,14,16H2,1-7H3,(H,29,36)/t22-/m0/s1. The molecule has 1 heterocycles. The van der Waals surface area contributed by atoms with E-state index >= 15 is 0 Å². The summed E-state index contributed by atoms with van der Waals surface area (Å²) in [5.41, 5.74) is 1.69. The van der Waals surface area contributed by atoms with Gasteiger partial charge in [-0.05, 0) is 87.2 Å². The van der Waals surface area contributed by atoms with Gasteiger partial charge in [0, 0.05) is 16.1 Å². The van der Waals surface area contributed by atoms with E-state index in [9.17, 15) is 9.59 Å². The van der Waals surface area contributed by atoms with Gasteiger partial charge < -0.3 is 10.1 Å². The fourth-order valence-electron chi connectivity index (χ4n) is 3.92. The number of carbonyl (C=O) groups is 2. The summed E-state index contributed by atoms with van der Waals surface area (Å²) >= 11 is 5.98. The van der Waals surface area contributed by atoms with Crippen molar-refractivity contribution in [2.75, 3.05) is 12.0 Å². The summed E-state index contributed by atoms with van der Waals surface area (Å²) in [6.07, 6.45) is 0.450. The second-order valence-electron chi connectivity index (χ2n) is 10.5. The molecule has 0 spiro atoms. The second-order valence-corrected chi connectivity index (χ2v) is 10.9. The van der Waals surface area contributed by atoms with E-state index in [1.165, 1.54) is 9.70 Å². The zero-order valence-corrected chi connectivity index (χ0v) is 23.2. The molecule has 0 fully saturated rings. The molecule has 0 aliphatic rings. The molecule has 0 aliphatic heterocycles. The van der Waals surface area contributed by atoms with Crippen LogP contribution in [-0.4, -0.2) is 50.7 Å². The molecule has 37 heavy (non-hydrogen) atoms. The second kappa shape index (κ2) is 11.7. The van der Waals surface area contributed by atoms with Crippen molar-refractivity contribution in [3.05, 3.63) is 53.1 Å². The average Bonchev–Trinajstić information content (AvgIpc) is 3.26. The highest BCUT2D eigenvalue weighted by Gasteiger charge is 2.35. The molecule has 10 heteroatoms. The number of nitrogens with zero attached hydrogens (tertiary/aromatic N) is 5. The van der Waals surface area contributed by atoms with Crippen LogP contribution >= 0.6 is 11.6 Å². The lowest BCUT2D eigenvalue weighted by molar-refractivity contribution is -0.128. The van der Waals surface area contributed by atoms with E-state index in [4.69, 9.17) is 16.3 Å². The maximum absolute atomic E-state index is 13.9. The summed E-state index contributed by atoms with van der Waals surface area (Å²) in [4.78, 5) is 30.2. The monoisotopic (exact) mass is 526 g/mol. The van der Waals surface area contributed by atoms with Crippen LogP contribution in [0.1, 0.15) is 46.6 Å². The summed E-state index contributed by atoms with van der Waals surface area (Å²) in [6.45, 7) is 11.5. The number of aromatic nitrogens is 4. The summed E-state index contributed by atoms with van der Waals surface area (Å²) < 4.78 is 5.60. The van der Waals surface area contributed by atoms with Crippen LogP contribution in [0.25, 0.3) is 11.4 Å². The van der Waals surface area contributed by atoms with Crippen molar-refractivity contribution in [1.82, 2.24) is 25.5 Å². The number of aryl methyl sites for hydroxylation is 1. The molecule has 3 rings (SSSR count). The predicted molar refractivity (Wildman–Crippen MR) is 145 cm³/mol. The van der Waals surface area contributed by atoms with E-state index in [0.29, 0.717) is 28.7 Å². The van der Waals surface area contributed by atoms with Gasteiger partial charge in [0.2, 0.25) is 11.7 Å². The fraction of sp³-hybridized carbons (Fsp3) is 0.444. The van der Waals surface area contributed by atoms with Crippen molar-refractivity contribution in [1.29, 1.82) is 0 Å². The van der Waals surface area contributed by atoms with Crippen molar-refractivity contribution in [3.63, 3.8) is 0 Å². The lowest BCUT2D eigenvalue weighted by atomic mass is 9.98. The molecule has 0 bridgehead atoms. The van der Waals surface area contributed by atoms with Gasteiger partial charge in [-0.25, -0.2) is 0 Å². The van der Waals surface area contributed by atoms with Crippen LogP contribution in [0.15, 0.2) is 42.5 Å². The third-order valence-corrected chi connectivity index (χ3v) is 5.75. The van der Waals surface area contributed by atoms with Gasteiger partial charge >= 0.3 is 0 Å². The van der Waals surface area contributed by atoms with Crippen LogP contribution in [0.4, 0.5) is 5.69 Å². The van der Waals surface area contributed by atoms with Crippen molar-refractivity contribution in [3.8, 4) is 17.1 Å². The molecule has 3 aromatic rings. The Bertz CT molecular complexity index is 1230. The molecule has 198 valence electrons. The number of nitrogens with one attached hydrogen (secondary N) is 1. The van der Waals surface area contributed by atoms with Gasteiger partial charge in [-0.2, -0.15) is 4.80 Å². The minimum absolute atomic E-state index is 0.142. The zero-order valence-electron chi connectivity index (χ0n) is 22.4. The minimum atomic E-state index is -0.776. The lowest BCUT2D eigenvalue weighted by Gasteiger charge is -2.35. The molecule has 1 N–H and O–H groups in total. The summed E-state index contributed by atoms with van der Waals surface area (Å²) in [6, 6.07) is 11.8. The number of hydrogen-bond donors (Lipinski definition) is 1. The Morgan fingerprint density at radius 2 is 1.81 bits per heavy atom. The Kier molecular flexibility index (Phi) is 8.91. The zero-order chi connectivity index (χ0) is 27.3. The Labute approximate surface area is 223 Å². The number of benzene rings is 2. The van der Waals surface area contributed by atoms with Crippen molar-refractivity contribution in [2.24, 2.45) is 5.92 Å². The van der Waals surface area contributed by atoms with Crippen LogP contribution in [0.2, 0.25) is 5.02 Å². The van der Waals surface area contributed by atoms with Gasteiger partial charge in [-0.3, -0.25) is 14.5 Å². The molecule has 9 nitrogen and oxygen atoms in total. The lowest BCUT2D eigenvalue weighted by Crippen LogP contribution is -2.55. The Morgan fingerprint density at radius 3 is 2.41 bits per heavy atom. The first-order valence-corrected chi connectivity index (χ1v) is 12.6. The van der Waals surface area contributed by atoms with Crippen LogP contribution in [-0.2, 0) is 16.1 Å². The van der Waals surface area contributed by atoms with E-state index < -0.39 is 11.6 Å². The quantitative estimate of drug-likeness (QED) is 0.434. The van der Waals surface area contributed by atoms with Gasteiger partial charge in [0.25, 0.3) is 5.91 Å². The SMILES string of the molecule is COc1ccc(C)cc1N(C(=O)Cn1nnc(-c2ccc(Cl)cc2)n1)[C@@H](CC(C)C)C(=O)NC(C)(C)C. The van der Waals surface area contributed by atoms with Gasteiger partial charge in [0.1, 0.15) is 18.3 Å². The van der Waals surface area contributed by atoms with E-state index in [1.54, 1.807) is 37.4 Å². The molecule has 0 unspecified atom stereocenters. The van der Waals surface area contributed by atoms with Crippen LogP contribution in [0.5, 0.6) is 5.75 Å². The average molecular weight is 527 g/mol. The molecule has 1 aromatic heterocycles. The van der Waals surface area contributed by atoms with Gasteiger partial charge in [-0.1, -0.05) is 31.5 Å². The normalized spacial score (nSPS) is 12.4. The Morgan fingerprint density at radius 1 is 1.14 bits per heavy atom. The first-order chi connectivity index (χ1) is 17.4.